The minimum absolute atomic E-state index is 0. The first-order valence-electron chi connectivity index (χ1n) is 9.59. The van der Waals surface area contributed by atoms with E-state index < -0.39 is 5.41 Å². The summed E-state index contributed by atoms with van der Waals surface area (Å²) in [5.74, 6) is 0.230. The van der Waals surface area contributed by atoms with Crippen molar-refractivity contribution >= 4 is 29.9 Å². The number of benzene rings is 1. The van der Waals surface area contributed by atoms with E-state index in [-0.39, 0.29) is 30.1 Å². The molecule has 1 heterocycles. The normalized spacial score (nSPS) is 19.1. The van der Waals surface area contributed by atoms with Crippen molar-refractivity contribution in [3.05, 3.63) is 29.8 Å². The van der Waals surface area contributed by atoms with Crippen molar-refractivity contribution in [3.63, 3.8) is 0 Å². The summed E-state index contributed by atoms with van der Waals surface area (Å²) in [6, 6.07) is 7.66. The number of halogens is 1. The average molecular weight is 396 g/mol. The van der Waals surface area contributed by atoms with Crippen LogP contribution in [0, 0.1) is 11.3 Å². The van der Waals surface area contributed by atoms with Crippen LogP contribution in [0.15, 0.2) is 24.3 Å². The van der Waals surface area contributed by atoms with Gasteiger partial charge in [0.25, 0.3) is 0 Å². The van der Waals surface area contributed by atoms with Crippen LogP contribution < -0.4 is 16.4 Å². The van der Waals surface area contributed by atoms with E-state index in [0.717, 1.165) is 36.9 Å². The number of ether oxygens (including phenoxy) is 1. The lowest BCUT2D eigenvalue weighted by molar-refractivity contribution is -0.136. The van der Waals surface area contributed by atoms with E-state index >= 15 is 0 Å². The number of anilines is 1. The summed E-state index contributed by atoms with van der Waals surface area (Å²) >= 11 is 0. The van der Waals surface area contributed by atoms with E-state index in [1.165, 1.54) is 0 Å². The molecule has 27 heavy (non-hydrogen) atoms. The lowest BCUT2D eigenvalue weighted by atomic mass is 9.79. The zero-order chi connectivity index (χ0) is 18.4. The molecule has 7 heteroatoms. The molecule has 3 rings (SSSR count). The molecule has 0 atom stereocenters. The van der Waals surface area contributed by atoms with Gasteiger partial charge in [0.15, 0.2) is 0 Å². The summed E-state index contributed by atoms with van der Waals surface area (Å²) in [7, 11) is 0. The third kappa shape index (κ3) is 5.43. The molecule has 4 N–H and O–H groups in total. The molecule has 0 radical (unpaired) electrons. The highest BCUT2D eigenvalue weighted by Crippen LogP contribution is 2.30. The summed E-state index contributed by atoms with van der Waals surface area (Å²) < 4.78 is 5.36. The quantitative estimate of drug-likeness (QED) is 0.690. The van der Waals surface area contributed by atoms with Crippen LogP contribution in [-0.2, 0) is 20.9 Å². The van der Waals surface area contributed by atoms with Crippen LogP contribution in [0.3, 0.4) is 0 Å². The van der Waals surface area contributed by atoms with Crippen LogP contribution in [0.4, 0.5) is 5.69 Å². The Hall–Kier alpha value is -1.63. The van der Waals surface area contributed by atoms with Gasteiger partial charge in [0.05, 0.1) is 5.41 Å². The maximum absolute atomic E-state index is 12.6. The Labute approximate surface area is 167 Å². The van der Waals surface area contributed by atoms with Crippen molar-refractivity contribution in [2.75, 3.05) is 25.1 Å². The first-order chi connectivity index (χ1) is 12.6. The van der Waals surface area contributed by atoms with E-state index in [2.05, 4.69) is 10.6 Å². The van der Waals surface area contributed by atoms with E-state index in [4.69, 9.17) is 10.5 Å². The monoisotopic (exact) mass is 395 g/mol. The summed E-state index contributed by atoms with van der Waals surface area (Å²) in [5.41, 5.74) is 7.11. The number of carbonyl (C=O) groups excluding carboxylic acids is 2. The number of hydrogen-bond acceptors (Lipinski definition) is 4. The molecule has 1 aliphatic heterocycles. The molecule has 0 unspecified atom stereocenters. The first kappa shape index (κ1) is 21.7. The second-order valence-corrected chi connectivity index (χ2v) is 7.45. The Morgan fingerprint density at radius 3 is 2.56 bits per heavy atom. The first-order valence-corrected chi connectivity index (χ1v) is 9.59. The predicted molar refractivity (Wildman–Crippen MR) is 108 cm³/mol. The van der Waals surface area contributed by atoms with E-state index in [0.29, 0.717) is 39.1 Å². The fraction of sp³-hybridized carbons (Fsp3) is 0.600. The Balaban J connectivity index is 0.00000261. The van der Waals surface area contributed by atoms with Gasteiger partial charge in [-0.05, 0) is 43.4 Å². The summed E-state index contributed by atoms with van der Waals surface area (Å²) in [4.78, 5) is 24.9. The van der Waals surface area contributed by atoms with Crippen LogP contribution in [0.1, 0.15) is 44.1 Å². The third-order valence-corrected chi connectivity index (χ3v) is 5.70. The third-order valence-electron chi connectivity index (χ3n) is 5.70. The molecule has 2 amide bonds. The molecule has 1 aromatic rings. The fourth-order valence-electron chi connectivity index (χ4n) is 3.85. The van der Waals surface area contributed by atoms with Crippen molar-refractivity contribution in [2.45, 2.75) is 45.1 Å². The topological polar surface area (TPSA) is 93.5 Å². The molecule has 1 saturated carbocycles. The Bertz CT molecular complexity index is 641. The van der Waals surface area contributed by atoms with Crippen molar-refractivity contribution in [2.24, 2.45) is 17.1 Å². The average Bonchev–Trinajstić information content (AvgIpc) is 3.22. The van der Waals surface area contributed by atoms with Crippen molar-refractivity contribution in [1.29, 1.82) is 0 Å². The SMILES string of the molecule is Cl.NCC1(C(=O)NCc2cccc(NC(=O)C3CCCC3)c2)CCOCC1. The second kappa shape index (κ2) is 10.1. The summed E-state index contributed by atoms with van der Waals surface area (Å²) in [6.07, 6.45) is 5.55. The summed E-state index contributed by atoms with van der Waals surface area (Å²) in [6.45, 7) is 1.91. The largest absolute Gasteiger partial charge is 0.381 e. The molecule has 1 aliphatic carbocycles. The number of rotatable bonds is 6. The molecule has 1 aromatic carbocycles. The minimum Gasteiger partial charge on any atom is -0.381 e. The minimum atomic E-state index is -0.521. The number of nitrogens with two attached hydrogens (primary N) is 1. The van der Waals surface area contributed by atoms with Gasteiger partial charge in [-0.15, -0.1) is 12.4 Å². The molecular weight excluding hydrogens is 366 g/mol. The molecular formula is C20H30ClN3O3. The smallest absolute Gasteiger partial charge is 0.227 e. The van der Waals surface area contributed by atoms with Gasteiger partial charge < -0.3 is 21.1 Å². The number of amides is 2. The van der Waals surface area contributed by atoms with Crippen molar-refractivity contribution in [1.82, 2.24) is 5.32 Å². The molecule has 2 fully saturated rings. The number of hydrogen-bond donors (Lipinski definition) is 3. The zero-order valence-corrected chi connectivity index (χ0v) is 16.5. The predicted octanol–water partition coefficient (Wildman–Crippen LogP) is 2.61. The van der Waals surface area contributed by atoms with Crippen LogP contribution in [0.5, 0.6) is 0 Å². The maximum Gasteiger partial charge on any atom is 0.227 e. The highest BCUT2D eigenvalue weighted by atomic mass is 35.5. The highest BCUT2D eigenvalue weighted by molar-refractivity contribution is 5.92. The summed E-state index contributed by atoms with van der Waals surface area (Å²) in [5, 5.41) is 6.01. The van der Waals surface area contributed by atoms with Crippen LogP contribution >= 0.6 is 12.4 Å². The van der Waals surface area contributed by atoms with Gasteiger partial charge in [0.2, 0.25) is 11.8 Å². The van der Waals surface area contributed by atoms with E-state index in [1.54, 1.807) is 0 Å². The zero-order valence-electron chi connectivity index (χ0n) is 15.7. The van der Waals surface area contributed by atoms with E-state index in [9.17, 15) is 9.59 Å². The molecule has 1 saturated heterocycles. The molecule has 0 aromatic heterocycles. The van der Waals surface area contributed by atoms with E-state index in [1.807, 2.05) is 24.3 Å². The molecule has 2 aliphatic rings. The van der Waals surface area contributed by atoms with Crippen LogP contribution in [0.2, 0.25) is 0 Å². The molecule has 0 spiro atoms. The fourth-order valence-corrected chi connectivity index (χ4v) is 3.85. The second-order valence-electron chi connectivity index (χ2n) is 7.45. The van der Waals surface area contributed by atoms with Gasteiger partial charge in [-0.2, -0.15) is 0 Å². The van der Waals surface area contributed by atoms with Crippen LogP contribution in [-0.4, -0.2) is 31.6 Å². The van der Waals surface area contributed by atoms with Crippen molar-refractivity contribution in [3.8, 4) is 0 Å². The highest BCUT2D eigenvalue weighted by Gasteiger charge is 2.38. The van der Waals surface area contributed by atoms with Gasteiger partial charge in [0, 0.05) is 37.9 Å². The number of nitrogens with one attached hydrogen (secondary N) is 2. The molecule has 0 bridgehead atoms. The molecule has 150 valence electrons. The van der Waals surface area contributed by atoms with Gasteiger partial charge in [-0.25, -0.2) is 0 Å². The lowest BCUT2D eigenvalue weighted by Crippen LogP contribution is -2.48. The van der Waals surface area contributed by atoms with Crippen molar-refractivity contribution < 1.29 is 14.3 Å². The standard InChI is InChI=1S/C20H29N3O3.ClH/c21-14-20(8-10-26-11-9-20)19(25)22-13-15-4-3-7-17(12-15)23-18(24)16-5-1-2-6-16;/h3-4,7,12,16H,1-2,5-6,8-11,13-14,21H2,(H,22,25)(H,23,24);1H. The Morgan fingerprint density at radius 2 is 1.89 bits per heavy atom. The van der Waals surface area contributed by atoms with Gasteiger partial charge in [0.1, 0.15) is 0 Å². The van der Waals surface area contributed by atoms with Gasteiger partial charge >= 0.3 is 0 Å². The Kier molecular flexibility index (Phi) is 8.07. The Morgan fingerprint density at radius 1 is 1.19 bits per heavy atom. The van der Waals surface area contributed by atoms with Crippen LogP contribution in [0.25, 0.3) is 0 Å². The maximum atomic E-state index is 12.6. The van der Waals surface area contributed by atoms with Gasteiger partial charge in [-0.1, -0.05) is 25.0 Å². The number of carbonyl (C=O) groups is 2. The molecule has 6 nitrogen and oxygen atoms in total. The van der Waals surface area contributed by atoms with Gasteiger partial charge in [-0.3, -0.25) is 9.59 Å². The lowest BCUT2D eigenvalue weighted by Gasteiger charge is -2.34.